The van der Waals surface area contributed by atoms with Crippen LogP contribution in [0.15, 0.2) is 80.8 Å². The van der Waals surface area contributed by atoms with Crippen molar-refractivity contribution in [3.63, 3.8) is 0 Å². The van der Waals surface area contributed by atoms with E-state index in [4.69, 9.17) is 9.84 Å². The van der Waals surface area contributed by atoms with Gasteiger partial charge in [0.15, 0.2) is 0 Å². The first kappa shape index (κ1) is 18.0. The highest BCUT2D eigenvalue weighted by Gasteiger charge is 2.41. The van der Waals surface area contributed by atoms with Crippen LogP contribution in [0.2, 0.25) is 0 Å². The smallest absolute Gasteiger partial charge is 0.213 e. The van der Waals surface area contributed by atoms with Gasteiger partial charge in [-0.3, -0.25) is 0 Å². The fourth-order valence-electron chi connectivity index (χ4n) is 3.83. The molecular weight excluding hydrogens is 480 g/mol. The summed E-state index contributed by atoms with van der Waals surface area (Å²) in [7, 11) is 0. The Hall–Kier alpha value is -2.11. The number of fused-ring (bicyclic) bond motifs is 3. The number of aryl methyl sites for hydroxylation is 1. The van der Waals surface area contributed by atoms with E-state index in [2.05, 4.69) is 86.3 Å². The Morgan fingerprint density at radius 2 is 1.64 bits per heavy atom. The van der Waals surface area contributed by atoms with Crippen molar-refractivity contribution in [1.82, 2.24) is 5.01 Å². The number of ether oxygens (including phenoxy) is 1. The van der Waals surface area contributed by atoms with Crippen molar-refractivity contribution in [3.05, 3.63) is 97.9 Å². The molecule has 0 aromatic heterocycles. The normalized spacial score (nSPS) is 20.2. The molecule has 3 aromatic carbocycles. The number of halogens is 2. The Balaban J connectivity index is 1.59. The first-order chi connectivity index (χ1) is 13.6. The SMILES string of the molecule is Cc1ccc(C2=NN3[C@@H](c4ccc(Br)cc4)Oc4ccc(Br)cc4[C@@H]3C2)cc1. The summed E-state index contributed by atoms with van der Waals surface area (Å²) in [5.41, 5.74) is 5.80. The van der Waals surface area contributed by atoms with Crippen molar-refractivity contribution in [2.45, 2.75) is 25.6 Å². The molecule has 0 spiro atoms. The van der Waals surface area contributed by atoms with Crippen LogP contribution < -0.4 is 4.74 Å². The second kappa shape index (κ2) is 7.05. The van der Waals surface area contributed by atoms with Crippen LogP contribution in [0.25, 0.3) is 0 Å². The molecule has 2 atom stereocenters. The topological polar surface area (TPSA) is 24.8 Å². The van der Waals surface area contributed by atoms with Crippen LogP contribution >= 0.6 is 31.9 Å². The lowest BCUT2D eigenvalue weighted by Gasteiger charge is -2.38. The summed E-state index contributed by atoms with van der Waals surface area (Å²) in [4.78, 5) is 0. The molecule has 0 N–H and O–H groups in total. The van der Waals surface area contributed by atoms with Crippen molar-refractivity contribution in [2.75, 3.05) is 0 Å². The maximum Gasteiger partial charge on any atom is 0.213 e. The van der Waals surface area contributed by atoms with Crippen LogP contribution in [0.3, 0.4) is 0 Å². The molecule has 0 fully saturated rings. The minimum Gasteiger partial charge on any atom is -0.464 e. The predicted octanol–water partition coefficient (Wildman–Crippen LogP) is 6.76. The van der Waals surface area contributed by atoms with Gasteiger partial charge in [0, 0.05) is 26.5 Å². The molecule has 3 nitrogen and oxygen atoms in total. The molecule has 0 unspecified atom stereocenters. The zero-order chi connectivity index (χ0) is 19.3. The van der Waals surface area contributed by atoms with Crippen LogP contribution in [-0.4, -0.2) is 10.7 Å². The van der Waals surface area contributed by atoms with E-state index in [0.717, 1.165) is 32.4 Å². The van der Waals surface area contributed by atoms with Gasteiger partial charge in [-0.25, -0.2) is 5.01 Å². The lowest BCUT2D eigenvalue weighted by Crippen LogP contribution is -2.33. The largest absolute Gasteiger partial charge is 0.464 e. The average Bonchev–Trinajstić information content (AvgIpc) is 3.14. The van der Waals surface area contributed by atoms with Gasteiger partial charge in [0.2, 0.25) is 6.23 Å². The van der Waals surface area contributed by atoms with E-state index < -0.39 is 0 Å². The number of hydrogen-bond donors (Lipinski definition) is 0. The van der Waals surface area contributed by atoms with Crippen LogP contribution in [0.4, 0.5) is 0 Å². The van der Waals surface area contributed by atoms with Gasteiger partial charge in [0.25, 0.3) is 0 Å². The Kier molecular flexibility index (Phi) is 4.52. The second-order valence-electron chi connectivity index (χ2n) is 7.22. The first-order valence-corrected chi connectivity index (χ1v) is 10.8. The molecule has 140 valence electrons. The predicted molar refractivity (Wildman–Crippen MR) is 119 cm³/mol. The molecule has 2 aliphatic heterocycles. The molecule has 3 aromatic rings. The summed E-state index contributed by atoms with van der Waals surface area (Å²) in [6.07, 6.45) is 0.623. The fraction of sp³-hybridized carbons (Fsp3) is 0.174. The van der Waals surface area contributed by atoms with Crippen LogP contribution in [-0.2, 0) is 0 Å². The molecule has 28 heavy (non-hydrogen) atoms. The highest BCUT2D eigenvalue weighted by atomic mass is 79.9. The number of nitrogens with zero attached hydrogens (tertiary/aromatic N) is 2. The standard InChI is InChI=1S/C23H18Br2N2O/c1-14-2-4-15(5-3-14)20-13-21-19-12-18(25)10-11-22(19)28-23(27(21)26-20)16-6-8-17(24)9-7-16/h2-12,21,23H,13H2,1H3/t21-,23+/m0/s1. The van der Waals surface area contributed by atoms with Crippen LogP contribution in [0.5, 0.6) is 5.75 Å². The van der Waals surface area contributed by atoms with Gasteiger partial charge in [-0.15, -0.1) is 0 Å². The summed E-state index contributed by atoms with van der Waals surface area (Å²) in [5.74, 6) is 0.928. The fourth-order valence-corrected chi connectivity index (χ4v) is 4.47. The maximum atomic E-state index is 6.41. The molecule has 0 bridgehead atoms. The van der Waals surface area contributed by atoms with E-state index in [1.165, 1.54) is 16.7 Å². The monoisotopic (exact) mass is 496 g/mol. The van der Waals surface area contributed by atoms with E-state index in [-0.39, 0.29) is 12.3 Å². The van der Waals surface area contributed by atoms with E-state index >= 15 is 0 Å². The van der Waals surface area contributed by atoms with E-state index in [0.29, 0.717) is 0 Å². The van der Waals surface area contributed by atoms with E-state index in [1.807, 2.05) is 24.3 Å². The first-order valence-electron chi connectivity index (χ1n) is 9.23. The van der Waals surface area contributed by atoms with Gasteiger partial charge in [-0.1, -0.05) is 73.8 Å². The van der Waals surface area contributed by atoms with E-state index in [9.17, 15) is 0 Å². The summed E-state index contributed by atoms with van der Waals surface area (Å²) >= 11 is 7.13. The van der Waals surface area contributed by atoms with Crippen LogP contribution in [0.1, 0.15) is 40.9 Å². The summed E-state index contributed by atoms with van der Waals surface area (Å²) < 4.78 is 8.52. The molecule has 5 heteroatoms. The third-order valence-electron chi connectivity index (χ3n) is 5.29. The Morgan fingerprint density at radius 3 is 2.39 bits per heavy atom. The highest BCUT2D eigenvalue weighted by molar-refractivity contribution is 9.10. The van der Waals surface area contributed by atoms with Gasteiger partial charge in [0.05, 0.1) is 11.8 Å². The van der Waals surface area contributed by atoms with Crippen molar-refractivity contribution in [2.24, 2.45) is 5.10 Å². The third kappa shape index (κ3) is 3.16. The molecule has 0 aliphatic carbocycles. The number of hydrazone groups is 1. The molecular formula is C23H18Br2N2O. The lowest BCUT2D eigenvalue weighted by molar-refractivity contribution is -0.0190. The zero-order valence-electron chi connectivity index (χ0n) is 15.3. The Morgan fingerprint density at radius 1 is 0.929 bits per heavy atom. The lowest BCUT2D eigenvalue weighted by atomic mass is 9.95. The molecule has 2 heterocycles. The number of hydrogen-bond acceptors (Lipinski definition) is 3. The quantitative estimate of drug-likeness (QED) is 0.390. The minimum absolute atomic E-state index is 0.159. The Bertz CT molecular complexity index is 1060. The molecule has 2 aliphatic rings. The minimum atomic E-state index is -0.241. The van der Waals surface area contributed by atoms with Gasteiger partial charge in [-0.05, 0) is 42.8 Å². The Labute approximate surface area is 181 Å². The summed E-state index contributed by atoms with van der Waals surface area (Å²) in [6.45, 7) is 2.11. The van der Waals surface area contributed by atoms with Gasteiger partial charge < -0.3 is 4.74 Å². The van der Waals surface area contributed by atoms with Gasteiger partial charge >= 0.3 is 0 Å². The third-order valence-corrected chi connectivity index (χ3v) is 6.31. The van der Waals surface area contributed by atoms with Crippen LogP contribution in [0, 0.1) is 6.92 Å². The van der Waals surface area contributed by atoms with Crippen molar-refractivity contribution < 1.29 is 4.74 Å². The second-order valence-corrected chi connectivity index (χ2v) is 9.05. The van der Waals surface area contributed by atoms with Gasteiger partial charge in [-0.2, -0.15) is 5.10 Å². The summed E-state index contributed by atoms with van der Waals surface area (Å²) in [6, 6.07) is 23.3. The molecule has 0 radical (unpaired) electrons. The van der Waals surface area contributed by atoms with Crippen molar-refractivity contribution in [3.8, 4) is 5.75 Å². The molecule has 0 saturated heterocycles. The molecule has 5 rings (SSSR count). The van der Waals surface area contributed by atoms with Crippen molar-refractivity contribution in [1.29, 1.82) is 0 Å². The molecule has 0 amide bonds. The molecule has 0 saturated carbocycles. The van der Waals surface area contributed by atoms with Gasteiger partial charge in [0.1, 0.15) is 5.75 Å². The summed E-state index contributed by atoms with van der Waals surface area (Å²) in [5, 5.41) is 7.13. The maximum absolute atomic E-state index is 6.41. The highest BCUT2D eigenvalue weighted by Crippen LogP contribution is 2.48. The number of rotatable bonds is 2. The zero-order valence-corrected chi connectivity index (χ0v) is 18.4. The van der Waals surface area contributed by atoms with E-state index in [1.54, 1.807) is 0 Å². The van der Waals surface area contributed by atoms with Crippen molar-refractivity contribution >= 4 is 37.6 Å². The average molecular weight is 498 g/mol. The number of benzene rings is 3.